The van der Waals surface area contributed by atoms with Crippen molar-refractivity contribution in [2.45, 2.75) is 31.8 Å². The van der Waals surface area contributed by atoms with Crippen LogP contribution >= 0.6 is 11.6 Å². The minimum atomic E-state index is -0.850. The van der Waals surface area contributed by atoms with E-state index in [2.05, 4.69) is 10.6 Å². The zero-order valence-electron chi connectivity index (χ0n) is 14.4. The zero-order chi connectivity index (χ0) is 18.7. The van der Waals surface area contributed by atoms with Crippen LogP contribution in [0.2, 0.25) is 5.02 Å². The molecule has 1 aliphatic rings. The Balaban J connectivity index is 1.94. The summed E-state index contributed by atoms with van der Waals surface area (Å²) >= 11 is 6.28. The molecule has 0 radical (unpaired) electrons. The molecule has 138 valence electrons. The second kappa shape index (κ2) is 8.14. The lowest BCUT2D eigenvalue weighted by atomic mass is 9.91. The Morgan fingerprint density at radius 3 is 2.73 bits per heavy atom. The van der Waals surface area contributed by atoms with Gasteiger partial charge in [-0.2, -0.15) is 0 Å². The van der Waals surface area contributed by atoms with E-state index in [1.165, 1.54) is 0 Å². The molecular formula is C20H21ClF2N2O. The molecule has 1 fully saturated rings. The number of benzene rings is 2. The first kappa shape index (κ1) is 18.8. The Hall–Kier alpha value is -1.98. The van der Waals surface area contributed by atoms with Gasteiger partial charge in [-0.1, -0.05) is 29.8 Å². The number of amides is 1. The lowest BCUT2D eigenvalue weighted by Crippen LogP contribution is -2.43. The van der Waals surface area contributed by atoms with Gasteiger partial charge in [0.05, 0.1) is 6.04 Å². The molecule has 0 aromatic heterocycles. The van der Waals surface area contributed by atoms with Gasteiger partial charge in [0.25, 0.3) is 0 Å². The average molecular weight is 379 g/mol. The summed E-state index contributed by atoms with van der Waals surface area (Å²) in [6.07, 6.45) is 1.41. The fourth-order valence-electron chi connectivity index (χ4n) is 3.40. The number of hydrogen-bond acceptors (Lipinski definition) is 2. The molecule has 0 spiro atoms. The normalized spacial score (nSPS) is 21.2. The lowest BCUT2D eigenvalue weighted by molar-refractivity contribution is -0.126. The Bertz CT molecular complexity index is 799. The second-order valence-electron chi connectivity index (χ2n) is 6.71. The second-order valence-corrected chi connectivity index (χ2v) is 7.11. The Morgan fingerprint density at radius 1 is 1.23 bits per heavy atom. The number of halogens is 3. The van der Waals surface area contributed by atoms with E-state index in [0.29, 0.717) is 23.4 Å². The third-order valence-corrected chi connectivity index (χ3v) is 5.11. The van der Waals surface area contributed by atoms with Gasteiger partial charge in [-0.05, 0) is 56.1 Å². The maximum absolute atomic E-state index is 14.4. The predicted octanol–water partition coefficient (Wildman–Crippen LogP) is 4.21. The molecule has 3 atom stereocenters. The van der Waals surface area contributed by atoms with Crippen LogP contribution in [0.1, 0.15) is 36.9 Å². The highest BCUT2D eigenvalue weighted by atomic mass is 35.5. The molecule has 1 aliphatic heterocycles. The third-order valence-electron chi connectivity index (χ3n) is 4.77. The summed E-state index contributed by atoms with van der Waals surface area (Å²) in [4.78, 5) is 12.8. The fraction of sp³-hybridized carbons (Fsp3) is 0.350. The summed E-state index contributed by atoms with van der Waals surface area (Å²) in [7, 11) is 0. The molecule has 1 saturated heterocycles. The van der Waals surface area contributed by atoms with E-state index in [0.717, 1.165) is 24.7 Å². The first-order chi connectivity index (χ1) is 12.5. The molecule has 26 heavy (non-hydrogen) atoms. The van der Waals surface area contributed by atoms with Crippen molar-refractivity contribution >= 4 is 17.5 Å². The smallest absolute Gasteiger partial charge is 0.223 e. The SMILES string of the molecule is C[C@H]1C[C@@H](C(=O)NC(c2cc(F)ccc2F)c2ccccc2Cl)CCN1. The summed E-state index contributed by atoms with van der Waals surface area (Å²) in [5.41, 5.74) is 0.599. The maximum Gasteiger partial charge on any atom is 0.223 e. The van der Waals surface area contributed by atoms with Gasteiger partial charge in [-0.25, -0.2) is 8.78 Å². The van der Waals surface area contributed by atoms with Crippen LogP contribution in [0.4, 0.5) is 8.78 Å². The van der Waals surface area contributed by atoms with Gasteiger partial charge in [0.2, 0.25) is 5.91 Å². The topological polar surface area (TPSA) is 41.1 Å². The van der Waals surface area contributed by atoms with E-state index < -0.39 is 17.7 Å². The van der Waals surface area contributed by atoms with Crippen molar-refractivity contribution in [3.05, 3.63) is 70.2 Å². The van der Waals surface area contributed by atoms with E-state index in [-0.39, 0.29) is 23.4 Å². The van der Waals surface area contributed by atoms with E-state index in [1.807, 2.05) is 6.92 Å². The van der Waals surface area contributed by atoms with Crippen LogP contribution in [0, 0.1) is 17.6 Å². The summed E-state index contributed by atoms with van der Waals surface area (Å²) in [6, 6.07) is 9.50. The summed E-state index contributed by atoms with van der Waals surface area (Å²) in [5, 5.41) is 6.58. The third kappa shape index (κ3) is 4.22. The molecule has 0 saturated carbocycles. The molecule has 2 aromatic rings. The number of rotatable bonds is 4. The average Bonchev–Trinajstić information content (AvgIpc) is 2.62. The van der Waals surface area contributed by atoms with Crippen LogP contribution in [-0.2, 0) is 4.79 Å². The summed E-state index contributed by atoms with van der Waals surface area (Å²) in [5.74, 6) is -1.50. The molecule has 1 heterocycles. The maximum atomic E-state index is 14.4. The van der Waals surface area contributed by atoms with E-state index in [9.17, 15) is 13.6 Å². The molecule has 3 nitrogen and oxygen atoms in total. The molecule has 1 amide bonds. The van der Waals surface area contributed by atoms with Gasteiger partial charge >= 0.3 is 0 Å². The summed E-state index contributed by atoms with van der Waals surface area (Å²) in [6.45, 7) is 2.78. The number of nitrogens with one attached hydrogen (secondary N) is 2. The largest absolute Gasteiger partial charge is 0.345 e. The number of piperidine rings is 1. The molecule has 6 heteroatoms. The first-order valence-electron chi connectivity index (χ1n) is 8.69. The van der Waals surface area contributed by atoms with Crippen LogP contribution in [0.3, 0.4) is 0 Å². The van der Waals surface area contributed by atoms with E-state index in [1.54, 1.807) is 24.3 Å². The molecule has 0 bridgehead atoms. The van der Waals surface area contributed by atoms with Crippen molar-refractivity contribution in [1.82, 2.24) is 10.6 Å². The van der Waals surface area contributed by atoms with Crippen LogP contribution in [0.15, 0.2) is 42.5 Å². The van der Waals surface area contributed by atoms with Gasteiger partial charge in [0.1, 0.15) is 11.6 Å². The predicted molar refractivity (Wildman–Crippen MR) is 98.0 cm³/mol. The number of carbonyl (C=O) groups is 1. The van der Waals surface area contributed by atoms with Crippen molar-refractivity contribution in [3.8, 4) is 0 Å². The first-order valence-corrected chi connectivity index (χ1v) is 9.06. The molecule has 1 unspecified atom stereocenters. The van der Waals surface area contributed by atoms with Gasteiger partial charge < -0.3 is 10.6 Å². The number of carbonyl (C=O) groups excluding carboxylic acids is 1. The van der Waals surface area contributed by atoms with Gasteiger partial charge in [-0.3, -0.25) is 4.79 Å². The van der Waals surface area contributed by atoms with E-state index in [4.69, 9.17) is 11.6 Å². The highest BCUT2D eigenvalue weighted by Gasteiger charge is 2.29. The monoisotopic (exact) mass is 378 g/mol. The minimum Gasteiger partial charge on any atom is -0.345 e. The van der Waals surface area contributed by atoms with Crippen molar-refractivity contribution in [1.29, 1.82) is 0 Å². The Kier molecular flexibility index (Phi) is 5.89. The van der Waals surface area contributed by atoms with Crippen molar-refractivity contribution in [2.75, 3.05) is 6.54 Å². The van der Waals surface area contributed by atoms with Crippen LogP contribution in [0.5, 0.6) is 0 Å². The number of hydrogen-bond donors (Lipinski definition) is 2. The zero-order valence-corrected chi connectivity index (χ0v) is 15.2. The van der Waals surface area contributed by atoms with Crippen LogP contribution < -0.4 is 10.6 Å². The lowest BCUT2D eigenvalue weighted by Gasteiger charge is -2.29. The standard InChI is InChI=1S/C20H21ClF2N2O/c1-12-10-13(8-9-24-12)20(26)25-19(15-4-2-3-5-17(15)21)16-11-14(22)6-7-18(16)23/h2-7,11-13,19,24H,8-10H2,1H3,(H,25,26)/t12-,13-,19?/m0/s1. The Morgan fingerprint density at radius 2 is 2.00 bits per heavy atom. The highest BCUT2D eigenvalue weighted by Crippen LogP contribution is 2.31. The summed E-state index contributed by atoms with van der Waals surface area (Å²) < 4.78 is 28.2. The fourth-order valence-corrected chi connectivity index (χ4v) is 3.64. The van der Waals surface area contributed by atoms with Gasteiger partial charge in [-0.15, -0.1) is 0 Å². The molecule has 3 rings (SSSR count). The minimum absolute atomic E-state index is 0.0634. The molecule has 0 aliphatic carbocycles. The van der Waals surface area contributed by atoms with Crippen molar-refractivity contribution in [3.63, 3.8) is 0 Å². The van der Waals surface area contributed by atoms with Crippen LogP contribution in [0.25, 0.3) is 0 Å². The van der Waals surface area contributed by atoms with Crippen LogP contribution in [-0.4, -0.2) is 18.5 Å². The quantitative estimate of drug-likeness (QED) is 0.836. The molecule has 2 N–H and O–H groups in total. The molecule has 2 aromatic carbocycles. The van der Waals surface area contributed by atoms with Crippen molar-refractivity contribution in [2.24, 2.45) is 5.92 Å². The molecular weight excluding hydrogens is 358 g/mol. The van der Waals surface area contributed by atoms with Gasteiger partial charge in [0, 0.05) is 22.5 Å². The Labute approximate surface area is 156 Å². The highest BCUT2D eigenvalue weighted by molar-refractivity contribution is 6.31. The van der Waals surface area contributed by atoms with E-state index >= 15 is 0 Å². The van der Waals surface area contributed by atoms with Gasteiger partial charge in [0.15, 0.2) is 0 Å². The van der Waals surface area contributed by atoms with Crippen molar-refractivity contribution < 1.29 is 13.6 Å².